The maximum Gasteiger partial charge on any atom is 0.339 e. The summed E-state index contributed by atoms with van der Waals surface area (Å²) in [5, 5.41) is 22.1. The number of hydrogen-bond donors (Lipinski definition) is 3. The van der Waals surface area contributed by atoms with Gasteiger partial charge in [-0.2, -0.15) is 0 Å². The second-order valence-corrected chi connectivity index (χ2v) is 5.35. The van der Waals surface area contributed by atoms with Crippen LogP contribution in [0.15, 0.2) is 12.1 Å². The predicted molar refractivity (Wildman–Crippen MR) is 72.7 cm³/mol. The van der Waals surface area contributed by atoms with Crippen LogP contribution < -0.4 is 5.32 Å². The highest BCUT2D eigenvalue weighted by Gasteiger charge is 2.32. The number of nitrogens with one attached hydrogen (secondary N) is 1. The van der Waals surface area contributed by atoms with Crippen molar-refractivity contribution in [2.75, 3.05) is 11.9 Å². The Morgan fingerprint density at radius 2 is 2.05 bits per heavy atom. The van der Waals surface area contributed by atoms with Crippen molar-refractivity contribution in [3.05, 3.63) is 22.8 Å². The molecule has 1 heterocycles. The summed E-state index contributed by atoms with van der Waals surface area (Å²) in [6.45, 7) is -0.0414. The van der Waals surface area contributed by atoms with Gasteiger partial charge in [0, 0.05) is 0 Å². The standard InChI is InChI=1S/C13H17ClN2O3/c14-10-5-4-9(12(18)19)11(15-10)16-13(8-17)6-2-1-3-7-13/h4-5,17H,1-3,6-8H2,(H,15,16)(H,18,19). The van der Waals surface area contributed by atoms with E-state index in [1.165, 1.54) is 12.1 Å². The molecule has 104 valence electrons. The summed E-state index contributed by atoms with van der Waals surface area (Å²) in [6.07, 6.45) is 4.76. The summed E-state index contributed by atoms with van der Waals surface area (Å²) < 4.78 is 0. The van der Waals surface area contributed by atoms with Gasteiger partial charge in [-0.15, -0.1) is 0 Å². The summed E-state index contributed by atoms with van der Waals surface area (Å²) in [7, 11) is 0. The van der Waals surface area contributed by atoms with Crippen LogP contribution in [0.1, 0.15) is 42.5 Å². The van der Waals surface area contributed by atoms with Crippen LogP contribution in [0.2, 0.25) is 5.15 Å². The van der Waals surface area contributed by atoms with Crippen LogP contribution in [0.3, 0.4) is 0 Å². The molecule has 0 bridgehead atoms. The molecule has 3 N–H and O–H groups in total. The summed E-state index contributed by atoms with van der Waals surface area (Å²) in [4.78, 5) is 15.2. The number of nitrogens with zero attached hydrogens (tertiary/aromatic N) is 1. The molecular formula is C13H17ClN2O3. The Morgan fingerprint density at radius 3 is 2.63 bits per heavy atom. The molecule has 6 heteroatoms. The van der Waals surface area contributed by atoms with E-state index in [4.69, 9.17) is 16.7 Å². The monoisotopic (exact) mass is 284 g/mol. The third kappa shape index (κ3) is 3.16. The van der Waals surface area contributed by atoms with Crippen LogP contribution >= 0.6 is 11.6 Å². The highest BCUT2D eigenvalue weighted by atomic mass is 35.5. The maximum atomic E-state index is 11.2. The lowest BCUT2D eigenvalue weighted by Crippen LogP contribution is -2.44. The highest BCUT2D eigenvalue weighted by molar-refractivity contribution is 6.29. The average Bonchev–Trinajstić information content (AvgIpc) is 2.39. The van der Waals surface area contributed by atoms with E-state index < -0.39 is 11.5 Å². The van der Waals surface area contributed by atoms with Crippen LogP contribution in [0.4, 0.5) is 5.82 Å². The van der Waals surface area contributed by atoms with Crippen LogP contribution in [-0.2, 0) is 0 Å². The van der Waals surface area contributed by atoms with Gasteiger partial charge in [0.25, 0.3) is 0 Å². The Hall–Kier alpha value is -1.33. The molecule has 0 unspecified atom stereocenters. The van der Waals surface area contributed by atoms with Gasteiger partial charge in [0.1, 0.15) is 16.5 Å². The Balaban J connectivity index is 2.30. The molecule has 1 fully saturated rings. The smallest absolute Gasteiger partial charge is 0.339 e. The molecule has 1 aromatic rings. The Labute approximate surface area is 116 Å². The molecule has 1 aromatic heterocycles. The first-order valence-electron chi connectivity index (χ1n) is 6.35. The molecule has 1 aliphatic rings. The van der Waals surface area contributed by atoms with Gasteiger partial charge in [0.15, 0.2) is 0 Å². The normalized spacial score (nSPS) is 18.0. The first-order chi connectivity index (χ1) is 9.06. The number of aromatic carboxylic acids is 1. The third-order valence-electron chi connectivity index (χ3n) is 3.59. The van der Waals surface area contributed by atoms with Crippen molar-refractivity contribution in [1.82, 2.24) is 4.98 Å². The van der Waals surface area contributed by atoms with Crippen molar-refractivity contribution >= 4 is 23.4 Å². The molecule has 0 saturated heterocycles. The summed E-state index contributed by atoms with van der Waals surface area (Å²) >= 11 is 5.82. The van der Waals surface area contributed by atoms with E-state index in [0.717, 1.165) is 32.1 Å². The van der Waals surface area contributed by atoms with E-state index >= 15 is 0 Å². The van der Waals surface area contributed by atoms with Gasteiger partial charge in [-0.1, -0.05) is 30.9 Å². The molecule has 0 spiro atoms. The minimum Gasteiger partial charge on any atom is -0.478 e. The van der Waals surface area contributed by atoms with Crippen molar-refractivity contribution in [3.63, 3.8) is 0 Å². The van der Waals surface area contributed by atoms with Crippen LogP contribution in [0.25, 0.3) is 0 Å². The number of carbonyl (C=O) groups is 1. The molecule has 5 nitrogen and oxygen atoms in total. The van der Waals surface area contributed by atoms with Gasteiger partial charge >= 0.3 is 5.97 Å². The summed E-state index contributed by atoms with van der Waals surface area (Å²) in [6, 6.07) is 2.87. The van der Waals surface area contributed by atoms with E-state index in [9.17, 15) is 9.90 Å². The molecule has 2 rings (SSSR count). The molecular weight excluding hydrogens is 268 g/mol. The molecule has 0 aromatic carbocycles. The number of hydrogen-bond acceptors (Lipinski definition) is 4. The maximum absolute atomic E-state index is 11.2. The van der Waals surface area contributed by atoms with Crippen molar-refractivity contribution in [3.8, 4) is 0 Å². The van der Waals surface area contributed by atoms with Crippen molar-refractivity contribution < 1.29 is 15.0 Å². The van der Waals surface area contributed by atoms with E-state index in [1.807, 2.05) is 0 Å². The average molecular weight is 285 g/mol. The van der Waals surface area contributed by atoms with Crippen molar-refractivity contribution in [1.29, 1.82) is 0 Å². The minimum atomic E-state index is -1.06. The highest BCUT2D eigenvalue weighted by Crippen LogP contribution is 2.32. The molecule has 0 aliphatic heterocycles. The lowest BCUT2D eigenvalue weighted by molar-refractivity contribution is 0.0697. The number of aliphatic hydroxyl groups is 1. The molecule has 0 atom stereocenters. The van der Waals surface area contributed by atoms with Crippen LogP contribution in [-0.4, -0.2) is 33.3 Å². The molecule has 0 radical (unpaired) electrons. The zero-order chi connectivity index (χ0) is 13.9. The lowest BCUT2D eigenvalue weighted by Gasteiger charge is -2.37. The SMILES string of the molecule is O=C(O)c1ccc(Cl)nc1NC1(CO)CCCCC1. The first kappa shape index (κ1) is 14.1. The number of anilines is 1. The van der Waals surface area contributed by atoms with Crippen molar-refractivity contribution in [2.45, 2.75) is 37.6 Å². The van der Waals surface area contributed by atoms with Gasteiger partial charge in [-0.05, 0) is 25.0 Å². The lowest BCUT2D eigenvalue weighted by atomic mass is 9.82. The topological polar surface area (TPSA) is 82.5 Å². The third-order valence-corrected chi connectivity index (χ3v) is 3.80. The first-order valence-corrected chi connectivity index (χ1v) is 6.73. The van der Waals surface area contributed by atoms with E-state index in [2.05, 4.69) is 10.3 Å². The number of carboxylic acid groups (broad SMARTS) is 1. The van der Waals surface area contributed by atoms with Gasteiger partial charge in [-0.3, -0.25) is 0 Å². The Morgan fingerprint density at radius 1 is 1.37 bits per heavy atom. The molecule has 19 heavy (non-hydrogen) atoms. The molecule has 1 aliphatic carbocycles. The van der Waals surface area contributed by atoms with E-state index in [1.54, 1.807) is 0 Å². The number of rotatable bonds is 4. The minimum absolute atomic E-state index is 0.0414. The molecule has 1 saturated carbocycles. The zero-order valence-corrected chi connectivity index (χ0v) is 11.3. The van der Waals surface area contributed by atoms with Crippen LogP contribution in [0, 0.1) is 0 Å². The van der Waals surface area contributed by atoms with Gasteiger partial charge in [0.05, 0.1) is 12.1 Å². The zero-order valence-electron chi connectivity index (χ0n) is 10.5. The Kier molecular flexibility index (Phi) is 4.27. The van der Waals surface area contributed by atoms with Gasteiger partial charge in [-0.25, -0.2) is 9.78 Å². The number of pyridine rings is 1. The van der Waals surface area contributed by atoms with E-state index in [-0.39, 0.29) is 23.1 Å². The number of carboxylic acids is 1. The fourth-order valence-electron chi connectivity index (χ4n) is 2.51. The van der Waals surface area contributed by atoms with Crippen molar-refractivity contribution in [2.24, 2.45) is 0 Å². The predicted octanol–water partition coefficient (Wildman–Crippen LogP) is 2.54. The largest absolute Gasteiger partial charge is 0.478 e. The van der Waals surface area contributed by atoms with Crippen LogP contribution in [0.5, 0.6) is 0 Å². The quantitative estimate of drug-likeness (QED) is 0.740. The summed E-state index contributed by atoms with van der Waals surface area (Å²) in [5.41, 5.74) is -0.414. The van der Waals surface area contributed by atoms with Gasteiger partial charge in [0.2, 0.25) is 0 Å². The number of halogens is 1. The molecule has 0 amide bonds. The number of aromatic nitrogens is 1. The fourth-order valence-corrected chi connectivity index (χ4v) is 2.65. The second-order valence-electron chi connectivity index (χ2n) is 4.96. The second kappa shape index (κ2) is 5.75. The summed E-state index contributed by atoms with van der Waals surface area (Å²) in [5.74, 6) is -0.827. The van der Waals surface area contributed by atoms with Gasteiger partial charge < -0.3 is 15.5 Å². The fraction of sp³-hybridized carbons (Fsp3) is 0.538. The Bertz CT molecular complexity index is 473. The van der Waals surface area contributed by atoms with E-state index in [0.29, 0.717) is 0 Å². The number of aliphatic hydroxyl groups excluding tert-OH is 1.